The van der Waals surface area contributed by atoms with Gasteiger partial charge in [-0.2, -0.15) is 0 Å². The number of aliphatic hydroxyl groups is 1. The average molecular weight is 305 g/mol. The molecule has 0 fully saturated rings. The molecule has 118 valence electrons. The molecular formula is C15H19N3O4. The van der Waals surface area contributed by atoms with E-state index in [1.165, 1.54) is 6.26 Å². The summed E-state index contributed by atoms with van der Waals surface area (Å²) in [5, 5.41) is 12.8. The molecule has 0 radical (unpaired) electrons. The molecule has 0 amide bonds. The largest absolute Gasteiger partial charge is 0.493 e. The molecule has 1 heterocycles. The molecule has 0 bridgehead atoms. The SMILES string of the molecule is COc1ccc(NC(N)=NCC(O)c2ccco2)cc1OC. The number of furan rings is 1. The number of hydrogen-bond acceptors (Lipinski definition) is 5. The molecule has 1 atom stereocenters. The van der Waals surface area contributed by atoms with E-state index < -0.39 is 6.10 Å². The average Bonchev–Trinajstić information content (AvgIpc) is 3.07. The Kier molecular flexibility index (Phi) is 5.26. The number of aliphatic hydroxyl groups excluding tert-OH is 1. The Hall–Kier alpha value is -2.67. The molecule has 7 heteroatoms. The fourth-order valence-electron chi connectivity index (χ4n) is 1.86. The summed E-state index contributed by atoms with van der Waals surface area (Å²) < 4.78 is 15.5. The monoisotopic (exact) mass is 305 g/mol. The number of rotatable bonds is 6. The number of nitrogens with zero attached hydrogens (tertiary/aromatic N) is 1. The van der Waals surface area contributed by atoms with Crippen LogP contribution in [0.4, 0.5) is 5.69 Å². The third-order valence-corrected chi connectivity index (χ3v) is 2.96. The number of hydrogen-bond donors (Lipinski definition) is 3. The fraction of sp³-hybridized carbons (Fsp3) is 0.267. The summed E-state index contributed by atoms with van der Waals surface area (Å²) in [4.78, 5) is 4.07. The Labute approximate surface area is 128 Å². The first-order chi connectivity index (χ1) is 10.6. The number of nitrogens with one attached hydrogen (secondary N) is 1. The molecule has 2 rings (SSSR count). The van der Waals surface area contributed by atoms with Crippen LogP contribution in [0.15, 0.2) is 46.0 Å². The molecule has 0 spiro atoms. The molecule has 0 aliphatic carbocycles. The van der Waals surface area contributed by atoms with Gasteiger partial charge >= 0.3 is 0 Å². The second-order valence-corrected chi connectivity index (χ2v) is 4.45. The zero-order chi connectivity index (χ0) is 15.9. The van der Waals surface area contributed by atoms with E-state index in [1.807, 2.05) is 0 Å². The Morgan fingerprint density at radius 1 is 1.32 bits per heavy atom. The van der Waals surface area contributed by atoms with E-state index in [-0.39, 0.29) is 12.5 Å². The van der Waals surface area contributed by atoms with E-state index in [4.69, 9.17) is 19.6 Å². The molecule has 0 aliphatic rings. The second kappa shape index (κ2) is 7.37. The highest BCUT2D eigenvalue weighted by atomic mass is 16.5. The predicted molar refractivity (Wildman–Crippen MR) is 83.3 cm³/mol. The van der Waals surface area contributed by atoms with E-state index in [0.717, 1.165) is 0 Å². The fourth-order valence-corrected chi connectivity index (χ4v) is 1.86. The highest BCUT2D eigenvalue weighted by Crippen LogP contribution is 2.29. The maximum Gasteiger partial charge on any atom is 0.193 e. The second-order valence-electron chi connectivity index (χ2n) is 4.45. The Bertz CT molecular complexity index is 626. The van der Waals surface area contributed by atoms with Gasteiger partial charge in [0.25, 0.3) is 0 Å². The van der Waals surface area contributed by atoms with Gasteiger partial charge in [0.2, 0.25) is 0 Å². The van der Waals surface area contributed by atoms with Crippen molar-refractivity contribution < 1.29 is 19.0 Å². The van der Waals surface area contributed by atoms with Crippen molar-refractivity contribution in [1.29, 1.82) is 0 Å². The summed E-state index contributed by atoms with van der Waals surface area (Å²) in [6.07, 6.45) is 0.661. The van der Waals surface area contributed by atoms with Crippen LogP contribution < -0.4 is 20.5 Å². The van der Waals surface area contributed by atoms with Crippen molar-refractivity contribution in [1.82, 2.24) is 0 Å². The van der Waals surface area contributed by atoms with Crippen LogP contribution >= 0.6 is 0 Å². The number of anilines is 1. The molecule has 7 nitrogen and oxygen atoms in total. The Morgan fingerprint density at radius 3 is 2.73 bits per heavy atom. The van der Waals surface area contributed by atoms with E-state index >= 15 is 0 Å². The van der Waals surface area contributed by atoms with Crippen LogP contribution in [0.1, 0.15) is 11.9 Å². The number of aliphatic imine (C=N–C) groups is 1. The maximum absolute atomic E-state index is 9.85. The number of guanidine groups is 1. The summed E-state index contributed by atoms with van der Waals surface area (Å²) in [7, 11) is 3.12. The van der Waals surface area contributed by atoms with Gasteiger partial charge in [-0.05, 0) is 24.3 Å². The van der Waals surface area contributed by atoms with Crippen LogP contribution in [0.25, 0.3) is 0 Å². The minimum Gasteiger partial charge on any atom is -0.493 e. The van der Waals surface area contributed by atoms with E-state index in [2.05, 4.69) is 10.3 Å². The molecule has 0 aliphatic heterocycles. The summed E-state index contributed by atoms with van der Waals surface area (Å²) in [6.45, 7) is 0.0969. The topological polar surface area (TPSA) is 102 Å². The summed E-state index contributed by atoms with van der Waals surface area (Å²) in [6, 6.07) is 8.66. The van der Waals surface area contributed by atoms with Crippen LogP contribution in [-0.2, 0) is 0 Å². The van der Waals surface area contributed by atoms with Crippen LogP contribution in [0, 0.1) is 0 Å². The highest BCUT2D eigenvalue weighted by molar-refractivity contribution is 5.92. The van der Waals surface area contributed by atoms with Crippen molar-refractivity contribution in [3.63, 3.8) is 0 Å². The molecule has 0 saturated carbocycles. The molecule has 2 aromatic rings. The van der Waals surface area contributed by atoms with Crippen LogP contribution in [0.2, 0.25) is 0 Å². The quantitative estimate of drug-likeness (QED) is 0.555. The maximum atomic E-state index is 9.85. The third-order valence-electron chi connectivity index (χ3n) is 2.96. The normalized spacial score (nSPS) is 12.8. The van der Waals surface area contributed by atoms with Crippen molar-refractivity contribution in [2.45, 2.75) is 6.10 Å². The standard InChI is InChI=1S/C15H19N3O4/c1-20-13-6-5-10(8-14(13)21-2)18-15(16)17-9-11(19)12-4-3-7-22-12/h3-8,11,19H,9H2,1-2H3,(H3,16,17,18). The summed E-state index contributed by atoms with van der Waals surface area (Å²) in [5.41, 5.74) is 6.49. The molecule has 4 N–H and O–H groups in total. The smallest absolute Gasteiger partial charge is 0.193 e. The zero-order valence-corrected chi connectivity index (χ0v) is 12.4. The first-order valence-electron chi connectivity index (χ1n) is 6.64. The number of ether oxygens (including phenoxy) is 2. The van der Waals surface area contributed by atoms with Gasteiger partial charge in [0.05, 0.1) is 27.0 Å². The highest BCUT2D eigenvalue weighted by Gasteiger charge is 2.10. The first kappa shape index (κ1) is 15.7. The first-order valence-corrected chi connectivity index (χ1v) is 6.64. The van der Waals surface area contributed by atoms with Crippen LogP contribution in [-0.4, -0.2) is 31.8 Å². The lowest BCUT2D eigenvalue weighted by Gasteiger charge is -2.11. The Morgan fingerprint density at radius 2 is 2.09 bits per heavy atom. The number of benzene rings is 1. The summed E-state index contributed by atoms with van der Waals surface area (Å²) in [5.74, 6) is 1.83. The Balaban J connectivity index is 1.99. The molecule has 22 heavy (non-hydrogen) atoms. The van der Waals surface area contributed by atoms with Gasteiger partial charge in [0.15, 0.2) is 17.5 Å². The van der Waals surface area contributed by atoms with Gasteiger partial charge in [-0.1, -0.05) is 0 Å². The molecule has 0 saturated heterocycles. The lowest BCUT2D eigenvalue weighted by atomic mass is 10.2. The van der Waals surface area contributed by atoms with Crippen LogP contribution in [0.5, 0.6) is 11.5 Å². The van der Waals surface area contributed by atoms with Crippen molar-refractivity contribution in [3.8, 4) is 11.5 Å². The van der Waals surface area contributed by atoms with Crippen molar-refractivity contribution >= 4 is 11.6 Å². The van der Waals surface area contributed by atoms with Crippen molar-refractivity contribution in [2.24, 2.45) is 10.7 Å². The van der Waals surface area contributed by atoms with Gasteiger partial charge in [0.1, 0.15) is 11.9 Å². The van der Waals surface area contributed by atoms with Gasteiger partial charge in [0, 0.05) is 11.8 Å². The third kappa shape index (κ3) is 3.92. The van der Waals surface area contributed by atoms with Gasteiger partial charge in [-0.25, -0.2) is 4.99 Å². The molecule has 1 unspecified atom stereocenters. The molecular weight excluding hydrogens is 286 g/mol. The van der Waals surface area contributed by atoms with Crippen molar-refractivity contribution in [3.05, 3.63) is 42.4 Å². The summed E-state index contributed by atoms with van der Waals surface area (Å²) >= 11 is 0. The lowest BCUT2D eigenvalue weighted by Crippen LogP contribution is -2.23. The molecule has 1 aromatic carbocycles. The van der Waals surface area contributed by atoms with E-state index in [0.29, 0.717) is 22.9 Å². The van der Waals surface area contributed by atoms with Gasteiger partial charge in [-0.3, -0.25) is 0 Å². The van der Waals surface area contributed by atoms with Crippen LogP contribution in [0.3, 0.4) is 0 Å². The minimum atomic E-state index is -0.833. The minimum absolute atomic E-state index is 0.0969. The predicted octanol–water partition coefficient (Wildman–Crippen LogP) is 1.76. The number of methoxy groups -OCH3 is 2. The number of nitrogens with two attached hydrogens (primary N) is 1. The lowest BCUT2D eigenvalue weighted by molar-refractivity contribution is 0.158. The van der Waals surface area contributed by atoms with Gasteiger partial charge in [-0.15, -0.1) is 0 Å². The van der Waals surface area contributed by atoms with Crippen molar-refractivity contribution in [2.75, 3.05) is 26.1 Å². The van der Waals surface area contributed by atoms with E-state index in [9.17, 15) is 5.11 Å². The zero-order valence-electron chi connectivity index (χ0n) is 12.4. The van der Waals surface area contributed by atoms with Gasteiger partial charge < -0.3 is 30.0 Å². The van der Waals surface area contributed by atoms with E-state index in [1.54, 1.807) is 44.6 Å². The molecule has 1 aromatic heterocycles.